The standard InChI is InChI=1S/C18H21F3N2O2S/c1-11(2)17(3,12-8-6-7-9-13(12)18(19,20)21)26-16-22-14(24-4)10-15(23-16)25-5/h6-11H,1-5H3. The molecule has 0 aliphatic rings. The summed E-state index contributed by atoms with van der Waals surface area (Å²) >= 11 is 1.16. The maximum Gasteiger partial charge on any atom is 0.416 e. The van der Waals surface area contributed by atoms with Crippen molar-refractivity contribution in [3.8, 4) is 11.8 Å². The van der Waals surface area contributed by atoms with Crippen LogP contribution in [0, 0.1) is 5.92 Å². The molecular formula is C18H21F3N2O2S. The molecule has 142 valence electrons. The lowest BCUT2D eigenvalue weighted by Crippen LogP contribution is -2.28. The maximum atomic E-state index is 13.5. The van der Waals surface area contributed by atoms with Crippen LogP contribution in [0.3, 0.4) is 0 Å². The van der Waals surface area contributed by atoms with Crippen LogP contribution in [0.4, 0.5) is 13.2 Å². The van der Waals surface area contributed by atoms with E-state index >= 15 is 0 Å². The first kappa shape index (κ1) is 20.4. The van der Waals surface area contributed by atoms with Gasteiger partial charge in [-0.15, -0.1) is 0 Å². The Balaban J connectivity index is 2.57. The van der Waals surface area contributed by atoms with E-state index in [2.05, 4.69) is 9.97 Å². The lowest BCUT2D eigenvalue weighted by Gasteiger charge is -2.35. The molecule has 2 aromatic rings. The van der Waals surface area contributed by atoms with Crippen molar-refractivity contribution >= 4 is 11.8 Å². The number of alkyl halides is 3. The highest BCUT2D eigenvalue weighted by Gasteiger charge is 2.42. The zero-order chi connectivity index (χ0) is 19.5. The third kappa shape index (κ3) is 4.23. The van der Waals surface area contributed by atoms with Gasteiger partial charge in [0, 0.05) is 4.75 Å². The van der Waals surface area contributed by atoms with Gasteiger partial charge in [-0.25, -0.2) is 0 Å². The van der Waals surface area contributed by atoms with Gasteiger partial charge in [0.1, 0.15) is 0 Å². The number of hydrogen-bond donors (Lipinski definition) is 0. The van der Waals surface area contributed by atoms with Crippen molar-refractivity contribution in [3.63, 3.8) is 0 Å². The molecule has 4 nitrogen and oxygen atoms in total. The van der Waals surface area contributed by atoms with E-state index in [4.69, 9.17) is 9.47 Å². The van der Waals surface area contributed by atoms with Crippen LogP contribution in [-0.2, 0) is 10.9 Å². The molecule has 1 aromatic heterocycles. The fourth-order valence-corrected chi connectivity index (χ4v) is 3.65. The molecule has 0 saturated heterocycles. The molecule has 1 aromatic carbocycles. The van der Waals surface area contributed by atoms with Gasteiger partial charge in [0.25, 0.3) is 0 Å². The third-order valence-electron chi connectivity index (χ3n) is 4.25. The summed E-state index contributed by atoms with van der Waals surface area (Å²) < 4.78 is 50.0. The van der Waals surface area contributed by atoms with Crippen LogP contribution in [0.25, 0.3) is 0 Å². The number of methoxy groups -OCH3 is 2. The van der Waals surface area contributed by atoms with E-state index in [1.54, 1.807) is 13.0 Å². The predicted molar refractivity (Wildman–Crippen MR) is 94.6 cm³/mol. The van der Waals surface area contributed by atoms with Crippen molar-refractivity contribution in [2.75, 3.05) is 14.2 Å². The van der Waals surface area contributed by atoms with Crippen molar-refractivity contribution in [1.82, 2.24) is 9.97 Å². The molecule has 0 spiro atoms. The minimum absolute atomic E-state index is 0.128. The smallest absolute Gasteiger partial charge is 0.416 e. The molecule has 0 aliphatic heterocycles. The lowest BCUT2D eigenvalue weighted by atomic mass is 9.86. The molecule has 0 radical (unpaired) electrons. The molecule has 0 saturated carbocycles. The van der Waals surface area contributed by atoms with Crippen LogP contribution in [0.15, 0.2) is 35.5 Å². The Labute approximate surface area is 155 Å². The predicted octanol–water partition coefficient (Wildman–Crippen LogP) is 5.18. The first-order valence-electron chi connectivity index (χ1n) is 7.94. The van der Waals surface area contributed by atoms with Crippen LogP contribution >= 0.6 is 11.8 Å². The third-order valence-corrected chi connectivity index (χ3v) is 5.73. The summed E-state index contributed by atoms with van der Waals surface area (Å²) in [6, 6.07) is 7.12. The number of nitrogens with zero attached hydrogens (tertiary/aromatic N) is 2. The Bertz CT molecular complexity index is 746. The summed E-state index contributed by atoms with van der Waals surface area (Å²) in [6.45, 7) is 5.51. The van der Waals surface area contributed by atoms with Crippen molar-refractivity contribution in [3.05, 3.63) is 41.5 Å². The minimum Gasteiger partial charge on any atom is -0.481 e. The van der Waals surface area contributed by atoms with Crippen LogP contribution in [-0.4, -0.2) is 24.2 Å². The summed E-state index contributed by atoms with van der Waals surface area (Å²) in [5, 5.41) is 0.286. The Kier molecular flexibility index (Phi) is 6.05. The van der Waals surface area contributed by atoms with Gasteiger partial charge >= 0.3 is 6.18 Å². The molecule has 1 atom stereocenters. The number of benzene rings is 1. The van der Waals surface area contributed by atoms with Crippen LogP contribution in [0.1, 0.15) is 31.9 Å². The second kappa shape index (κ2) is 7.73. The van der Waals surface area contributed by atoms with Gasteiger partial charge in [0.2, 0.25) is 11.8 Å². The lowest BCUT2D eigenvalue weighted by molar-refractivity contribution is -0.138. The van der Waals surface area contributed by atoms with E-state index in [0.717, 1.165) is 17.8 Å². The van der Waals surface area contributed by atoms with E-state index < -0.39 is 16.5 Å². The highest BCUT2D eigenvalue weighted by Crippen LogP contribution is 2.49. The summed E-state index contributed by atoms with van der Waals surface area (Å²) in [4.78, 5) is 8.51. The van der Waals surface area contributed by atoms with Crippen LogP contribution < -0.4 is 9.47 Å². The van der Waals surface area contributed by atoms with Gasteiger partial charge in [-0.1, -0.05) is 43.8 Å². The number of ether oxygens (including phenoxy) is 2. The summed E-state index contributed by atoms with van der Waals surface area (Å²) in [6.07, 6.45) is -4.44. The summed E-state index contributed by atoms with van der Waals surface area (Å²) in [5.41, 5.74) is -0.462. The Hall–Kier alpha value is -1.96. The molecule has 0 fully saturated rings. The van der Waals surface area contributed by atoms with Crippen LogP contribution in [0.5, 0.6) is 11.8 Å². The second-order valence-electron chi connectivity index (χ2n) is 6.14. The zero-order valence-electron chi connectivity index (χ0n) is 15.2. The summed E-state index contributed by atoms with van der Waals surface area (Å²) in [7, 11) is 2.91. The minimum atomic E-state index is -4.44. The Morgan fingerprint density at radius 2 is 1.46 bits per heavy atom. The molecule has 1 heterocycles. The van der Waals surface area contributed by atoms with Crippen LogP contribution in [0.2, 0.25) is 0 Å². The fourth-order valence-electron chi connectivity index (χ4n) is 2.48. The average Bonchev–Trinajstić information content (AvgIpc) is 2.60. The van der Waals surface area contributed by atoms with Gasteiger partial charge < -0.3 is 9.47 Å². The van der Waals surface area contributed by atoms with Crippen molar-refractivity contribution in [1.29, 1.82) is 0 Å². The molecule has 26 heavy (non-hydrogen) atoms. The molecule has 0 amide bonds. The highest BCUT2D eigenvalue weighted by atomic mass is 32.2. The summed E-state index contributed by atoms with van der Waals surface area (Å²) in [5.74, 6) is 0.445. The van der Waals surface area contributed by atoms with Gasteiger partial charge in [-0.05, 0) is 24.5 Å². The Morgan fingerprint density at radius 3 is 1.88 bits per heavy atom. The topological polar surface area (TPSA) is 44.2 Å². The number of rotatable bonds is 6. The highest BCUT2D eigenvalue weighted by molar-refractivity contribution is 8.00. The zero-order valence-corrected chi connectivity index (χ0v) is 16.0. The van der Waals surface area contributed by atoms with Crippen molar-refractivity contribution in [2.24, 2.45) is 5.92 Å². The molecule has 2 rings (SSSR count). The monoisotopic (exact) mass is 386 g/mol. The van der Waals surface area contributed by atoms with Gasteiger partial charge in [0.05, 0.1) is 25.8 Å². The van der Waals surface area contributed by atoms with E-state index in [0.29, 0.717) is 0 Å². The normalized spacial score (nSPS) is 14.2. The number of aromatic nitrogens is 2. The van der Waals surface area contributed by atoms with E-state index in [1.165, 1.54) is 32.4 Å². The average molecular weight is 386 g/mol. The molecule has 8 heteroatoms. The van der Waals surface area contributed by atoms with E-state index in [9.17, 15) is 13.2 Å². The molecule has 0 N–H and O–H groups in total. The van der Waals surface area contributed by atoms with Gasteiger partial charge in [0.15, 0.2) is 5.16 Å². The molecule has 1 unspecified atom stereocenters. The molecular weight excluding hydrogens is 365 g/mol. The Morgan fingerprint density at radius 1 is 0.962 bits per heavy atom. The van der Waals surface area contributed by atoms with Crippen molar-refractivity contribution < 1.29 is 22.6 Å². The first-order chi connectivity index (χ1) is 12.1. The van der Waals surface area contributed by atoms with Gasteiger partial charge in [-0.3, -0.25) is 0 Å². The first-order valence-corrected chi connectivity index (χ1v) is 8.76. The second-order valence-corrected chi connectivity index (χ2v) is 7.56. The van der Waals surface area contributed by atoms with Gasteiger partial charge in [-0.2, -0.15) is 23.1 Å². The van der Waals surface area contributed by atoms with E-state index in [1.807, 2.05) is 13.8 Å². The van der Waals surface area contributed by atoms with Crippen molar-refractivity contribution in [2.45, 2.75) is 36.9 Å². The number of hydrogen-bond acceptors (Lipinski definition) is 5. The fraction of sp³-hybridized carbons (Fsp3) is 0.444. The van der Waals surface area contributed by atoms with E-state index in [-0.39, 0.29) is 28.4 Å². The number of halogens is 3. The quantitative estimate of drug-likeness (QED) is 0.506. The maximum absolute atomic E-state index is 13.5. The largest absolute Gasteiger partial charge is 0.481 e. The SMILES string of the molecule is COc1cc(OC)nc(SC(C)(c2ccccc2C(F)(F)F)C(C)C)n1. The number of thioether (sulfide) groups is 1. The molecule has 0 aliphatic carbocycles. The molecule has 0 bridgehead atoms.